The Labute approximate surface area is 211 Å². The summed E-state index contributed by atoms with van der Waals surface area (Å²) in [6.07, 6.45) is 8.50. The Balaban J connectivity index is 1.42. The first-order valence-corrected chi connectivity index (χ1v) is 11.5. The molecule has 4 aromatic heterocycles. The zero-order valence-electron chi connectivity index (χ0n) is 19.9. The third-order valence-corrected chi connectivity index (χ3v) is 6.26. The summed E-state index contributed by atoms with van der Waals surface area (Å²) in [5.74, 6) is -0.660. The van der Waals surface area contributed by atoms with Gasteiger partial charge in [0.1, 0.15) is 23.0 Å². The number of anilines is 1. The molecule has 0 radical (unpaired) electrons. The van der Waals surface area contributed by atoms with E-state index in [2.05, 4.69) is 29.8 Å². The second-order valence-electron chi connectivity index (χ2n) is 8.35. The number of carbonyl (C=O) groups excluding carboxylic acids is 2. The summed E-state index contributed by atoms with van der Waals surface area (Å²) in [6.45, 7) is 8.26. The molecule has 1 aliphatic rings. The predicted molar refractivity (Wildman–Crippen MR) is 136 cm³/mol. The van der Waals surface area contributed by atoms with Crippen LogP contribution < -0.4 is 10.5 Å². The minimum Gasteiger partial charge on any atom is -0.494 e. The summed E-state index contributed by atoms with van der Waals surface area (Å²) < 4.78 is 5.45. The van der Waals surface area contributed by atoms with Gasteiger partial charge in [-0.25, -0.2) is 19.8 Å². The van der Waals surface area contributed by atoms with Crippen molar-refractivity contribution in [3.8, 4) is 17.1 Å². The lowest BCUT2D eigenvalue weighted by Crippen LogP contribution is -2.40. The number of nitrogens with zero attached hydrogens (tertiary/aromatic N) is 6. The highest BCUT2D eigenvalue weighted by Crippen LogP contribution is 2.34. The maximum atomic E-state index is 13.4. The lowest BCUT2D eigenvalue weighted by Gasteiger charge is -2.28. The van der Waals surface area contributed by atoms with Gasteiger partial charge < -0.3 is 20.4 Å². The van der Waals surface area contributed by atoms with Gasteiger partial charge in [-0.3, -0.25) is 14.6 Å². The highest BCUT2D eigenvalue weighted by molar-refractivity contribution is 6.45. The number of amides is 1. The van der Waals surface area contributed by atoms with Crippen molar-refractivity contribution in [3.63, 3.8) is 0 Å². The molecule has 11 nitrogen and oxygen atoms in total. The number of hydrogen-bond acceptors (Lipinski definition) is 8. The standard InChI is InChI=1S/C26H22N8O3/c1-28-22(17-5-3-4-8-29-17)15-6-9-34(10-7-15)26(36)25(35)16-11-32-24-21(16)19(37-2)13-33-23(24)18-12-31-20(27)14-30-18/h3-5,8,11-14,32H,6-7,9-10H2,2H3,(H2,27,31). The number of likely N-dealkylation sites (tertiary alicyclic amines) is 1. The number of aromatic amines is 1. The van der Waals surface area contributed by atoms with E-state index in [4.69, 9.17) is 17.0 Å². The molecule has 1 fully saturated rings. The molecular weight excluding hydrogens is 472 g/mol. The van der Waals surface area contributed by atoms with Crippen LogP contribution in [0.15, 0.2) is 54.8 Å². The van der Waals surface area contributed by atoms with Crippen LogP contribution in [-0.4, -0.2) is 61.7 Å². The third-order valence-electron chi connectivity index (χ3n) is 6.26. The zero-order valence-corrected chi connectivity index (χ0v) is 19.9. The maximum Gasteiger partial charge on any atom is 0.295 e. The van der Waals surface area contributed by atoms with Crippen molar-refractivity contribution >= 4 is 34.1 Å². The molecule has 0 aromatic carbocycles. The molecule has 3 N–H and O–H groups in total. The average Bonchev–Trinajstić information content (AvgIpc) is 3.39. The number of carbonyl (C=O) groups is 2. The second-order valence-corrected chi connectivity index (χ2v) is 8.35. The molecule has 11 heteroatoms. The number of rotatable bonds is 5. The second kappa shape index (κ2) is 9.87. The fourth-order valence-electron chi connectivity index (χ4n) is 4.40. The molecule has 1 amide bonds. The Kier molecular flexibility index (Phi) is 6.30. The number of H-pyrrole nitrogens is 1. The SMILES string of the molecule is [C-]#[N+]C(=C1CCN(C(=O)C(=O)c2c[nH]c3c(-c4cnc(N)cn4)ncc(OC)c23)CC1)c1ccccn1. The lowest BCUT2D eigenvalue weighted by atomic mass is 9.99. The van der Waals surface area contributed by atoms with Gasteiger partial charge in [-0.1, -0.05) is 11.6 Å². The molecule has 0 spiro atoms. The van der Waals surface area contributed by atoms with Crippen molar-refractivity contribution in [2.45, 2.75) is 12.8 Å². The Morgan fingerprint density at radius 1 is 1.11 bits per heavy atom. The summed E-state index contributed by atoms with van der Waals surface area (Å²) in [5, 5.41) is 0.438. The highest BCUT2D eigenvalue weighted by Gasteiger charge is 2.30. The van der Waals surface area contributed by atoms with E-state index in [0.29, 0.717) is 65.4 Å². The van der Waals surface area contributed by atoms with Gasteiger partial charge in [0.2, 0.25) is 5.70 Å². The Hall–Kier alpha value is -5.11. The number of Topliss-reactive ketones (excluding diaryl/α,β-unsaturated/α-hetero) is 1. The van der Waals surface area contributed by atoms with Gasteiger partial charge >= 0.3 is 0 Å². The van der Waals surface area contributed by atoms with E-state index >= 15 is 0 Å². The van der Waals surface area contributed by atoms with Crippen molar-refractivity contribution in [2.75, 3.05) is 25.9 Å². The predicted octanol–water partition coefficient (Wildman–Crippen LogP) is 3.14. The van der Waals surface area contributed by atoms with Crippen LogP contribution in [0.2, 0.25) is 0 Å². The van der Waals surface area contributed by atoms with Crippen LogP contribution >= 0.6 is 0 Å². The van der Waals surface area contributed by atoms with Crippen LogP contribution in [0.5, 0.6) is 5.75 Å². The number of piperidine rings is 1. The minimum absolute atomic E-state index is 0.181. The number of methoxy groups -OCH3 is 1. The third kappa shape index (κ3) is 4.36. The van der Waals surface area contributed by atoms with Gasteiger partial charge in [0.15, 0.2) is 0 Å². The van der Waals surface area contributed by atoms with Gasteiger partial charge in [-0.15, -0.1) is 0 Å². The number of nitrogens with two attached hydrogens (primary N) is 1. The average molecular weight is 495 g/mol. The summed E-state index contributed by atoms with van der Waals surface area (Å²) in [6, 6.07) is 5.43. The van der Waals surface area contributed by atoms with Crippen molar-refractivity contribution in [3.05, 3.63) is 77.4 Å². The first-order chi connectivity index (χ1) is 18.0. The minimum atomic E-state index is -0.660. The zero-order chi connectivity index (χ0) is 25.9. The number of ether oxygens (including phenoxy) is 1. The van der Waals surface area contributed by atoms with Crippen LogP contribution in [0.3, 0.4) is 0 Å². The number of aromatic nitrogens is 5. The first kappa shape index (κ1) is 23.6. The van der Waals surface area contributed by atoms with Crippen LogP contribution in [0.4, 0.5) is 5.82 Å². The Bertz CT molecular complexity index is 1560. The summed E-state index contributed by atoms with van der Waals surface area (Å²) in [4.78, 5) is 51.8. The maximum absolute atomic E-state index is 13.4. The number of hydrogen-bond donors (Lipinski definition) is 2. The molecule has 37 heavy (non-hydrogen) atoms. The Morgan fingerprint density at radius 3 is 2.57 bits per heavy atom. The van der Waals surface area contributed by atoms with Crippen molar-refractivity contribution in [2.24, 2.45) is 0 Å². The fraction of sp³-hybridized carbons (Fsp3) is 0.192. The number of pyridine rings is 2. The quantitative estimate of drug-likeness (QED) is 0.245. The normalized spacial score (nSPS) is 13.3. The molecule has 1 aliphatic heterocycles. The van der Waals surface area contributed by atoms with Gasteiger partial charge in [0, 0.05) is 25.5 Å². The molecule has 0 bridgehead atoms. The summed E-state index contributed by atoms with van der Waals surface area (Å²) in [7, 11) is 1.47. The van der Waals surface area contributed by atoms with Crippen molar-refractivity contribution < 1.29 is 14.3 Å². The van der Waals surface area contributed by atoms with E-state index < -0.39 is 11.7 Å². The molecule has 5 rings (SSSR count). The summed E-state index contributed by atoms with van der Waals surface area (Å²) >= 11 is 0. The number of ketones is 1. The van der Waals surface area contributed by atoms with Crippen molar-refractivity contribution in [1.82, 2.24) is 29.8 Å². The van der Waals surface area contributed by atoms with E-state index in [0.717, 1.165) is 5.57 Å². The molecule has 184 valence electrons. The smallest absolute Gasteiger partial charge is 0.295 e. The van der Waals surface area contributed by atoms with E-state index in [9.17, 15) is 9.59 Å². The van der Waals surface area contributed by atoms with Gasteiger partial charge in [0.05, 0.1) is 54.4 Å². The van der Waals surface area contributed by atoms with Gasteiger partial charge in [-0.05, 0) is 25.0 Å². The molecule has 0 atom stereocenters. The fourth-order valence-corrected chi connectivity index (χ4v) is 4.40. The highest BCUT2D eigenvalue weighted by atomic mass is 16.5. The van der Waals surface area contributed by atoms with E-state index in [-0.39, 0.29) is 11.4 Å². The molecule has 1 saturated heterocycles. The van der Waals surface area contributed by atoms with Crippen LogP contribution in [-0.2, 0) is 4.79 Å². The van der Waals surface area contributed by atoms with E-state index in [1.165, 1.54) is 36.8 Å². The van der Waals surface area contributed by atoms with Gasteiger partial charge in [-0.2, -0.15) is 0 Å². The van der Waals surface area contributed by atoms with Crippen LogP contribution in [0.25, 0.3) is 32.8 Å². The number of nitrogen functional groups attached to an aromatic ring is 1. The summed E-state index contributed by atoms with van der Waals surface area (Å²) in [5.41, 5.74) is 9.27. The molecule has 5 heterocycles. The molecule has 0 unspecified atom stereocenters. The molecule has 0 saturated carbocycles. The first-order valence-electron chi connectivity index (χ1n) is 11.5. The molecule has 0 aliphatic carbocycles. The lowest BCUT2D eigenvalue weighted by molar-refractivity contribution is -0.126. The van der Waals surface area contributed by atoms with E-state index in [1.807, 2.05) is 6.07 Å². The van der Waals surface area contributed by atoms with E-state index in [1.54, 1.807) is 18.3 Å². The monoisotopic (exact) mass is 494 g/mol. The Morgan fingerprint density at radius 2 is 1.92 bits per heavy atom. The van der Waals surface area contributed by atoms with Gasteiger partial charge in [0.25, 0.3) is 11.7 Å². The topological polar surface area (TPSA) is 144 Å². The number of nitrogens with one attached hydrogen (secondary N) is 1. The molecule has 4 aromatic rings. The largest absolute Gasteiger partial charge is 0.494 e. The van der Waals surface area contributed by atoms with Crippen LogP contribution in [0.1, 0.15) is 28.9 Å². The van der Waals surface area contributed by atoms with Crippen LogP contribution in [0, 0.1) is 6.57 Å². The van der Waals surface area contributed by atoms with Crippen molar-refractivity contribution in [1.29, 1.82) is 0 Å². The number of fused-ring (bicyclic) bond motifs is 1. The molecular formula is C26H22N8O3.